The number of amides is 1. The Morgan fingerprint density at radius 2 is 2.00 bits per heavy atom. The first-order chi connectivity index (χ1) is 8.37. The van der Waals surface area contributed by atoms with Crippen molar-refractivity contribution < 1.29 is 4.79 Å². The van der Waals surface area contributed by atoms with Crippen LogP contribution in [0.15, 0.2) is 24.3 Å². The van der Waals surface area contributed by atoms with E-state index in [2.05, 4.69) is 10.3 Å². The smallest absolute Gasteiger partial charge is 0.240 e. The van der Waals surface area contributed by atoms with Crippen LogP contribution >= 0.6 is 0 Å². The number of nitrogens with zero attached hydrogens (tertiary/aromatic N) is 2. The van der Waals surface area contributed by atoms with Gasteiger partial charge in [-0.15, -0.1) is 0 Å². The number of fused-ring (bicyclic) bond motifs is 1. The molecule has 0 fully saturated rings. The highest BCUT2D eigenvalue weighted by Crippen LogP contribution is 2.15. The minimum absolute atomic E-state index is 0.00810. The number of nitrogens with one attached hydrogen (secondary N) is 1. The van der Waals surface area contributed by atoms with Gasteiger partial charge in [0, 0.05) is 5.54 Å². The molecule has 2 rings (SSSR count). The number of aromatic nitrogens is 2. The number of aryl methyl sites for hydroxylation is 1. The highest BCUT2D eigenvalue weighted by molar-refractivity contribution is 5.81. The van der Waals surface area contributed by atoms with Gasteiger partial charge in [-0.3, -0.25) is 4.79 Å². The van der Waals surface area contributed by atoms with Gasteiger partial charge in [-0.2, -0.15) is 0 Å². The van der Waals surface area contributed by atoms with E-state index in [1.807, 2.05) is 56.5 Å². The summed E-state index contributed by atoms with van der Waals surface area (Å²) in [6, 6.07) is 7.86. The number of hydrogen-bond donors (Lipinski definition) is 1. The number of carbonyl (C=O) groups is 1. The second kappa shape index (κ2) is 4.44. The SMILES string of the molecule is Cc1nc2ccccc2n1CC(=O)NC(C)(C)C. The molecule has 1 aromatic carbocycles. The van der Waals surface area contributed by atoms with Crippen LogP contribution in [0.5, 0.6) is 0 Å². The van der Waals surface area contributed by atoms with Crippen molar-refractivity contribution in [3.63, 3.8) is 0 Å². The fourth-order valence-electron chi connectivity index (χ4n) is 2.00. The van der Waals surface area contributed by atoms with Gasteiger partial charge in [0.2, 0.25) is 5.91 Å². The van der Waals surface area contributed by atoms with Crippen LogP contribution in [0, 0.1) is 6.92 Å². The lowest BCUT2D eigenvalue weighted by atomic mass is 10.1. The Balaban J connectivity index is 2.27. The van der Waals surface area contributed by atoms with Crippen LogP contribution in [0.25, 0.3) is 11.0 Å². The third-order valence-electron chi connectivity index (χ3n) is 2.66. The Hall–Kier alpha value is -1.84. The van der Waals surface area contributed by atoms with Gasteiger partial charge in [0.15, 0.2) is 0 Å². The molecule has 96 valence electrons. The highest BCUT2D eigenvalue weighted by atomic mass is 16.2. The predicted molar refractivity (Wildman–Crippen MR) is 72.4 cm³/mol. The maximum Gasteiger partial charge on any atom is 0.240 e. The van der Waals surface area contributed by atoms with E-state index in [1.54, 1.807) is 0 Å². The molecule has 0 aliphatic carbocycles. The lowest BCUT2D eigenvalue weighted by molar-refractivity contribution is -0.123. The van der Waals surface area contributed by atoms with E-state index >= 15 is 0 Å². The topological polar surface area (TPSA) is 46.9 Å². The summed E-state index contributed by atoms with van der Waals surface area (Å²) in [6.07, 6.45) is 0. The van der Waals surface area contributed by atoms with Crippen LogP contribution in [-0.2, 0) is 11.3 Å². The van der Waals surface area contributed by atoms with Crippen LogP contribution in [0.4, 0.5) is 0 Å². The Labute approximate surface area is 107 Å². The molecule has 0 atom stereocenters. The van der Waals surface area contributed by atoms with Gasteiger partial charge in [-0.1, -0.05) is 12.1 Å². The molecule has 0 aliphatic heterocycles. The maximum atomic E-state index is 12.0. The molecule has 1 amide bonds. The molecule has 1 aromatic heterocycles. The first-order valence-electron chi connectivity index (χ1n) is 6.10. The highest BCUT2D eigenvalue weighted by Gasteiger charge is 2.16. The average Bonchev–Trinajstić information content (AvgIpc) is 2.53. The second-order valence-corrected chi connectivity index (χ2v) is 5.53. The summed E-state index contributed by atoms with van der Waals surface area (Å²) in [5.74, 6) is 0.869. The van der Waals surface area contributed by atoms with Crippen LogP contribution < -0.4 is 5.32 Å². The lowest BCUT2D eigenvalue weighted by Gasteiger charge is -2.21. The van der Waals surface area contributed by atoms with Crippen LogP contribution in [0.1, 0.15) is 26.6 Å². The van der Waals surface area contributed by atoms with Gasteiger partial charge < -0.3 is 9.88 Å². The molecule has 0 saturated heterocycles. The summed E-state index contributed by atoms with van der Waals surface area (Å²) in [5.41, 5.74) is 1.72. The number of rotatable bonds is 2. The summed E-state index contributed by atoms with van der Waals surface area (Å²) in [6.45, 7) is 8.16. The van der Waals surface area contributed by atoms with Gasteiger partial charge in [0.1, 0.15) is 12.4 Å². The molecular weight excluding hydrogens is 226 g/mol. The lowest BCUT2D eigenvalue weighted by Crippen LogP contribution is -2.42. The van der Waals surface area contributed by atoms with Crippen molar-refractivity contribution in [1.82, 2.24) is 14.9 Å². The van der Waals surface area contributed by atoms with Crippen molar-refractivity contribution in [2.45, 2.75) is 39.8 Å². The molecule has 1 heterocycles. The van der Waals surface area contributed by atoms with E-state index in [0.29, 0.717) is 6.54 Å². The van der Waals surface area contributed by atoms with E-state index in [-0.39, 0.29) is 11.4 Å². The van der Waals surface area contributed by atoms with Gasteiger partial charge in [-0.25, -0.2) is 4.98 Å². The second-order valence-electron chi connectivity index (χ2n) is 5.53. The van der Waals surface area contributed by atoms with Crippen LogP contribution in [-0.4, -0.2) is 21.0 Å². The minimum Gasteiger partial charge on any atom is -0.350 e. The summed E-state index contributed by atoms with van der Waals surface area (Å²) in [7, 11) is 0. The largest absolute Gasteiger partial charge is 0.350 e. The minimum atomic E-state index is -0.207. The van der Waals surface area contributed by atoms with Crippen molar-refractivity contribution >= 4 is 16.9 Å². The van der Waals surface area contributed by atoms with Gasteiger partial charge >= 0.3 is 0 Å². The van der Waals surface area contributed by atoms with Crippen LogP contribution in [0.2, 0.25) is 0 Å². The van der Waals surface area contributed by atoms with Crippen molar-refractivity contribution in [2.24, 2.45) is 0 Å². The van der Waals surface area contributed by atoms with Gasteiger partial charge in [0.05, 0.1) is 11.0 Å². The number of para-hydroxylation sites is 2. The average molecular weight is 245 g/mol. The standard InChI is InChI=1S/C14H19N3O/c1-10-15-11-7-5-6-8-12(11)17(10)9-13(18)16-14(2,3)4/h5-8H,9H2,1-4H3,(H,16,18). The van der Waals surface area contributed by atoms with Crippen molar-refractivity contribution in [1.29, 1.82) is 0 Å². The monoisotopic (exact) mass is 245 g/mol. The number of benzene rings is 1. The van der Waals surface area contributed by atoms with Gasteiger partial charge in [-0.05, 0) is 39.8 Å². The first-order valence-corrected chi connectivity index (χ1v) is 6.10. The molecule has 0 aliphatic rings. The zero-order valence-corrected chi connectivity index (χ0v) is 11.3. The molecule has 0 saturated carbocycles. The maximum absolute atomic E-state index is 12.0. The van der Waals surface area contributed by atoms with Crippen LogP contribution in [0.3, 0.4) is 0 Å². The third-order valence-corrected chi connectivity index (χ3v) is 2.66. The molecule has 4 nitrogen and oxygen atoms in total. The molecule has 18 heavy (non-hydrogen) atoms. The summed E-state index contributed by atoms with van der Waals surface area (Å²) >= 11 is 0. The van der Waals surface area contributed by atoms with E-state index in [0.717, 1.165) is 16.9 Å². The first kappa shape index (κ1) is 12.6. The Bertz CT molecular complexity index is 578. The quantitative estimate of drug-likeness (QED) is 0.882. The fraction of sp³-hybridized carbons (Fsp3) is 0.429. The van der Waals surface area contributed by atoms with Crippen molar-refractivity contribution in [3.05, 3.63) is 30.1 Å². The van der Waals surface area contributed by atoms with E-state index in [9.17, 15) is 4.79 Å². The Morgan fingerprint density at radius 1 is 1.33 bits per heavy atom. The molecule has 2 aromatic rings. The number of carbonyl (C=O) groups excluding carboxylic acids is 1. The Kier molecular flexibility index (Phi) is 3.11. The molecule has 0 bridgehead atoms. The number of hydrogen-bond acceptors (Lipinski definition) is 2. The fourth-order valence-corrected chi connectivity index (χ4v) is 2.00. The van der Waals surface area contributed by atoms with E-state index in [1.165, 1.54) is 0 Å². The van der Waals surface area contributed by atoms with E-state index in [4.69, 9.17) is 0 Å². The predicted octanol–water partition coefficient (Wildman–Crippen LogP) is 2.26. The molecular formula is C14H19N3O. The molecule has 1 N–H and O–H groups in total. The summed E-state index contributed by atoms with van der Waals surface area (Å²) in [4.78, 5) is 16.4. The molecule has 0 radical (unpaired) electrons. The molecule has 0 unspecified atom stereocenters. The summed E-state index contributed by atoms with van der Waals surface area (Å²) in [5, 5.41) is 2.96. The normalized spacial score (nSPS) is 11.8. The van der Waals surface area contributed by atoms with E-state index < -0.39 is 0 Å². The zero-order chi connectivity index (χ0) is 13.3. The summed E-state index contributed by atoms with van der Waals surface area (Å²) < 4.78 is 1.94. The third kappa shape index (κ3) is 2.70. The van der Waals surface area contributed by atoms with Gasteiger partial charge in [0.25, 0.3) is 0 Å². The van der Waals surface area contributed by atoms with Crippen molar-refractivity contribution in [3.8, 4) is 0 Å². The molecule has 0 spiro atoms. The Morgan fingerprint density at radius 3 is 2.67 bits per heavy atom. The number of imidazole rings is 1. The zero-order valence-electron chi connectivity index (χ0n) is 11.3. The van der Waals surface area contributed by atoms with Crippen molar-refractivity contribution in [2.75, 3.05) is 0 Å². The molecule has 4 heteroatoms.